The second-order valence-electron chi connectivity index (χ2n) is 4.32. The third-order valence-corrected chi connectivity index (χ3v) is 3.77. The molecule has 0 saturated carbocycles. The molecule has 1 N–H and O–H groups in total. The van der Waals surface area contributed by atoms with E-state index in [-0.39, 0.29) is 0 Å². The van der Waals surface area contributed by atoms with Gasteiger partial charge in [0.25, 0.3) is 0 Å². The van der Waals surface area contributed by atoms with Gasteiger partial charge in [-0.1, -0.05) is 6.07 Å². The third kappa shape index (κ3) is 3.59. The molecule has 0 radical (unpaired) electrons. The number of rotatable bonds is 5. The quantitative estimate of drug-likeness (QED) is 0.830. The summed E-state index contributed by atoms with van der Waals surface area (Å²) in [6, 6.07) is 4.91. The maximum absolute atomic E-state index is 5.36. The van der Waals surface area contributed by atoms with Crippen LogP contribution in [0.15, 0.2) is 17.5 Å². The molecule has 1 aromatic rings. The summed E-state index contributed by atoms with van der Waals surface area (Å²) < 4.78 is 5.36. The van der Waals surface area contributed by atoms with E-state index >= 15 is 0 Å². The van der Waals surface area contributed by atoms with Crippen LogP contribution in [0.4, 0.5) is 0 Å². The Bertz CT molecular complexity index is 267. The van der Waals surface area contributed by atoms with Gasteiger partial charge in [0.2, 0.25) is 0 Å². The Balaban J connectivity index is 1.66. The summed E-state index contributed by atoms with van der Waals surface area (Å²) in [6.45, 7) is 5.26. The van der Waals surface area contributed by atoms with Gasteiger partial charge >= 0.3 is 0 Å². The molecule has 2 unspecified atom stereocenters. The third-order valence-electron chi connectivity index (χ3n) is 2.87. The monoisotopic (exact) mass is 225 g/mol. The molecular weight excluding hydrogens is 206 g/mol. The summed E-state index contributed by atoms with van der Waals surface area (Å²) in [7, 11) is 0. The molecule has 1 saturated heterocycles. The lowest BCUT2D eigenvalue weighted by Crippen LogP contribution is -2.32. The minimum Gasteiger partial charge on any atom is -0.381 e. The molecule has 0 aliphatic carbocycles. The van der Waals surface area contributed by atoms with Crippen molar-refractivity contribution in [3.05, 3.63) is 22.4 Å². The van der Waals surface area contributed by atoms with E-state index in [0.29, 0.717) is 6.04 Å². The van der Waals surface area contributed by atoms with Crippen LogP contribution >= 0.6 is 11.3 Å². The highest BCUT2D eigenvalue weighted by Gasteiger charge is 2.16. The predicted molar refractivity (Wildman–Crippen MR) is 64.4 cm³/mol. The fourth-order valence-corrected chi connectivity index (χ4v) is 2.75. The van der Waals surface area contributed by atoms with E-state index in [2.05, 4.69) is 29.8 Å². The number of thiophene rings is 1. The fraction of sp³-hybridized carbons (Fsp3) is 0.667. The Kier molecular flexibility index (Phi) is 4.18. The Hall–Kier alpha value is -0.380. The molecule has 0 bridgehead atoms. The number of hydrogen-bond donors (Lipinski definition) is 1. The maximum atomic E-state index is 5.36. The van der Waals surface area contributed by atoms with Crippen LogP contribution in [0, 0.1) is 5.92 Å². The van der Waals surface area contributed by atoms with Crippen LogP contribution in [0.5, 0.6) is 0 Å². The van der Waals surface area contributed by atoms with E-state index < -0.39 is 0 Å². The standard InChI is InChI=1S/C12H19NOS/c1-10(7-12-3-2-6-15-12)13-8-11-4-5-14-9-11/h2-3,6,10-11,13H,4-5,7-9H2,1H3. The minimum absolute atomic E-state index is 0.573. The van der Waals surface area contributed by atoms with Gasteiger partial charge < -0.3 is 10.1 Å². The zero-order valence-corrected chi connectivity index (χ0v) is 10.1. The predicted octanol–water partition coefficient (Wildman–Crippen LogP) is 2.31. The van der Waals surface area contributed by atoms with Crippen molar-refractivity contribution in [2.45, 2.75) is 25.8 Å². The van der Waals surface area contributed by atoms with Crippen molar-refractivity contribution in [3.63, 3.8) is 0 Å². The van der Waals surface area contributed by atoms with Crippen molar-refractivity contribution in [2.75, 3.05) is 19.8 Å². The van der Waals surface area contributed by atoms with E-state index in [4.69, 9.17) is 4.74 Å². The van der Waals surface area contributed by atoms with Crippen LogP contribution in [-0.2, 0) is 11.2 Å². The first-order valence-electron chi connectivity index (χ1n) is 5.68. The van der Waals surface area contributed by atoms with Gasteiger partial charge in [-0.05, 0) is 37.1 Å². The Labute approximate surface area is 95.6 Å². The topological polar surface area (TPSA) is 21.3 Å². The van der Waals surface area contributed by atoms with Gasteiger partial charge in [-0.2, -0.15) is 0 Å². The van der Waals surface area contributed by atoms with E-state index in [1.165, 1.54) is 11.3 Å². The van der Waals surface area contributed by atoms with Crippen LogP contribution in [0.1, 0.15) is 18.2 Å². The van der Waals surface area contributed by atoms with Gasteiger partial charge in [0.15, 0.2) is 0 Å². The van der Waals surface area contributed by atoms with Crippen LogP contribution in [0.25, 0.3) is 0 Å². The fourth-order valence-electron chi connectivity index (χ4n) is 1.91. The summed E-state index contributed by atoms with van der Waals surface area (Å²) in [5.41, 5.74) is 0. The highest BCUT2D eigenvalue weighted by molar-refractivity contribution is 7.09. The molecule has 0 amide bonds. The first kappa shape index (κ1) is 11.1. The van der Waals surface area contributed by atoms with Crippen molar-refractivity contribution < 1.29 is 4.74 Å². The molecule has 3 heteroatoms. The lowest BCUT2D eigenvalue weighted by molar-refractivity contribution is 0.184. The highest BCUT2D eigenvalue weighted by atomic mass is 32.1. The number of hydrogen-bond acceptors (Lipinski definition) is 3. The van der Waals surface area contributed by atoms with Gasteiger partial charge in [-0.15, -0.1) is 11.3 Å². The lowest BCUT2D eigenvalue weighted by atomic mass is 10.1. The summed E-state index contributed by atoms with van der Waals surface area (Å²) in [5.74, 6) is 0.732. The van der Waals surface area contributed by atoms with Crippen molar-refractivity contribution in [1.29, 1.82) is 0 Å². The maximum Gasteiger partial charge on any atom is 0.0507 e. The second-order valence-corrected chi connectivity index (χ2v) is 5.35. The van der Waals surface area contributed by atoms with Crippen LogP contribution < -0.4 is 5.32 Å². The molecule has 15 heavy (non-hydrogen) atoms. The van der Waals surface area contributed by atoms with Crippen molar-refractivity contribution in [1.82, 2.24) is 5.32 Å². The molecule has 84 valence electrons. The summed E-state index contributed by atoms with van der Waals surface area (Å²) in [6.07, 6.45) is 2.37. The number of nitrogens with one attached hydrogen (secondary N) is 1. The van der Waals surface area contributed by atoms with Crippen LogP contribution in [0.2, 0.25) is 0 Å². The second kappa shape index (κ2) is 5.64. The Morgan fingerprint density at radius 1 is 1.67 bits per heavy atom. The smallest absolute Gasteiger partial charge is 0.0507 e. The molecule has 0 aromatic carbocycles. The molecule has 1 aliphatic heterocycles. The zero-order chi connectivity index (χ0) is 10.5. The van der Waals surface area contributed by atoms with E-state index in [9.17, 15) is 0 Å². The van der Waals surface area contributed by atoms with Crippen LogP contribution in [0.3, 0.4) is 0 Å². The molecule has 2 nitrogen and oxygen atoms in total. The van der Waals surface area contributed by atoms with Gasteiger partial charge in [-0.3, -0.25) is 0 Å². The molecule has 1 aliphatic rings. The first-order valence-corrected chi connectivity index (χ1v) is 6.56. The lowest BCUT2D eigenvalue weighted by Gasteiger charge is -2.15. The van der Waals surface area contributed by atoms with Gasteiger partial charge in [0, 0.05) is 24.1 Å². The largest absolute Gasteiger partial charge is 0.381 e. The first-order chi connectivity index (χ1) is 7.34. The summed E-state index contributed by atoms with van der Waals surface area (Å²) in [4.78, 5) is 1.47. The number of ether oxygens (including phenoxy) is 1. The van der Waals surface area contributed by atoms with E-state index in [1.54, 1.807) is 0 Å². The van der Waals surface area contributed by atoms with Crippen LogP contribution in [-0.4, -0.2) is 25.8 Å². The van der Waals surface area contributed by atoms with E-state index in [0.717, 1.165) is 32.1 Å². The average Bonchev–Trinajstić information content (AvgIpc) is 2.86. The van der Waals surface area contributed by atoms with Crippen molar-refractivity contribution in [3.8, 4) is 0 Å². The van der Waals surface area contributed by atoms with Crippen molar-refractivity contribution in [2.24, 2.45) is 5.92 Å². The molecular formula is C12H19NOS. The molecule has 0 spiro atoms. The molecule has 1 fully saturated rings. The van der Waals surface area contributed by atoms with E-state index in [1.807, 2.05) is 11.3 Å². The Morgan fingerprint density at radius 2 is 2.60 bits per heavy atom. The molecule has 2 heterocycles. The minimum atomic E-state index is 0.573. The average molecular weight is 225 g/mol. The van der Waals surface area contributed by atoms with Gasteiger partial charge in [-0.25, -0.2) is 0 Å². The van der Waals surface area contributed by atoms with Gasteiger partial charge in [0.05, 0.1) is 6.61 Å². The molecule has 1 aromatic heterocycles. The summed E-state index contributed by atoms with van der Waals surface area (Å²) in [5, 5.41) is 5.74. The van der Waals surface area contributed by atoms with Gasteiger partial charge in [0.1, 0.15) is 0 Å². The normalized spacial score (nSPS) is 23.1. The summed E-state index contributed by atoms with van der Waals surface area (Å²) >= 11 is 1.84. The molecule has 2 rings (SSSR count). The SMILES string of the molecule is CC(Cc1cccs1)NCC1CCOC1. The van der Waals surface area contributed by atoms with Crippen molar-refractivity contribution >= 4 is 11.3 Å². The molecule has 2 atom stereocenters. The Morgan fingerprint density at radius 3 is 3.27 bits per heavy atom. The zero-order valence-electron chi connectivity index (χ0n) is 9.24. The highest BCUT2D eigenvalue weighted by Crippen LogP contribution is 2.13.